The number of aliphatic imine (C=N–C) groups is 1. The van der Waals surface area contributed by atoms with Gasteiger partial charge in [0, 0.05) is 32.2 Å². The zero-order chi connectivity index (χ0) is 19.5. The van der Waals surface area contributed by atoms with Crippen molar-refractivity contribution < 1.29 is 9.59 Å². The van der Waals surface area contributed by atoms with E-state index in [-0.39, 0.29) is 18.4 Å². The number of carbonyl (C=O) groups excluding carboxylic acids is 2. The Balaban J connectivity index is 1.70. The molecule has 1 aromatic rings. The second-order valence-electron chi connectivity index (χ2n) is 6.78. The average molecular weight is 374 g/mol. The van der Waals surface area contributed by atoms with Crippen LogP contribution in [0.5, 0.6) is 0 Å². The van der Waals surface area contributed by atoms with E-state index in [0.29, 0.717) is 24.1 Å². The Bertz CT molecular complexity index is 654. The highest BCUT2D eigenvalue weighted by Gasteiger charge is 2.15. The smallest absolute Gasteiger partial charge is 0.251 e. The van der Waals surface area contributed by atoms with Gasteiger partial charge in [0.05, 0.1) is 6.54 Å². The van der Waals surface area contributed by atoms with E-state index in [1.54, 1.807) is 20.2 Å². The molecule has 0 aromatic heterocycles. The SMILES string of the molecule is CN=C(NCCc1cccc(C(=O)NC)c1)NCC(=O)NC1CCCCC1. The summed E-state index contributed by atoms with van der Waals surface area (Å²) < 4.78 is 0. The van der Waals surface area contributed by atoms with Gasteiger partial charge in [-0.3, -0.25) is 14.6 Å². The summed E-state index contributed by atoms with van der Waals surface area (Å²) in [6, 6.07) is 7.86. The summed E-state index contributed by atoms with van der Waals surface area (Å²) in [7, 11) is 3.30. The van der Waals surface area contributed by atoms with Crippen molar-refractivity contribution in [2.45, 2.75) is 44.6 Å². The summed E-state index contributed by atoms with van der Waals surface area (Å²) in [5.74, 6) is 0.505. The minimum atomic E-state index is -0.0914. The molecule has 1 fully saturated rings. The van der Waals surface area contributed by atoms with Crippen molar-refractivity contribution in [1.29, 1.82) is 0 Å². The van der Waals surface area contributed by atoms with Crippen LogP contribution < -0.4 is 21.3 Å². The fourth-order valence-electron chi connectivity index (χ4n) is 3.25. The number of rotatable bonds is 7. The predicted octanol–water partition coefficient (Wildman–Crippen LogP) is 1.20. The first kappa shape index (κ1) is 20.7. The van der Waals surface area contributed by atoms with Gasteiger partial charge in [0.15, 0.2) is 5.96 Å². The van der Waals surface area contributed by atoms with E-state index >= 15 is 0 Å². The highest BCUT2D eigenvalue weighted by atomic mass is 16.2. The van der Waals surface area contributed by atoms with Gasteiger partial charge >= 0.3 is 0 Å². The third-order valence-corrected chi connectivity index (χ3v) is 4.73. The maximum absolute atomic E-state index is 12.1. The van der Waals surface area contributed by atoms with Gasteiger partial charge in [0.25, 0.3) is 5.91 Å². The molecule has 0 aliphatic heterocycles. The van der Waals surface area contributed by atoms with Gasteiger partial charge in [-0.2, -0.15) is 0 Å². The van der Waals surface area contributed by atoms with E-state index in [1.807, 2.05) is 18.2 Å². The van der Waals surface area contributed by atoms with Gasteiger partial charge in [-0.1, -0.05) is 31.4 Å². The molecule has 1 aromatic carbocycles. The van der Waals surface area contributed by atoms with Gasteiger partial charge in [0.1, 0.15) is 0 Å². The molecule has 0 atom stereocenters. The van der Waals surface area contributed by atoms with Crippen LogP contribution in [-0.2, 0) is 11.2 Å². The minimum absolute atomic E-state index is 0.00290. The summed E-state index contributed by atoms with van der Waals surface area (Å²) in [6.45, 7) is 0.865. The molecule has 0 saturated heterocycles. The number of nitrogens with one attached hydrogen (secondary N) is 4. The molecule has 0 spiro atoms. The Kier molecular flexibility index (Phi) is 8.61. The van der Waals surface area contributed by atoms with Crippen LogP contribution in [0.3, 0.4) is 0 Å². The van der Waals surface area contributed by atoms with Gasteiger partial charge in [-0.15, -0.1) is 0 Å². The third-order valence-electron chi connectivity index (χ3n) is 4.73. The Labute approximate surface area is 161 Å². The lowest BCUT2D eigenvalue weighted by Crippen LogP contribution is -2.46. The van der Waals surface area contributed by atoms with E-state index in [1.165, 1.54) is 19.3 Å². The Hall–Kier alpha value is -2.57. The van der Waals surface area contributed by atoms with Crippen molar-refractivity contribution in [2.24, 2.45) is 4.99 Å². The molecule has 0 radical (unpaired) electrons. The molecule has 0 heterocycles. The summed E-state index contributed by atoms with van der Waals surface area (Å²) >= 11 is 0. The van der Waals surface area contributed by atoms with Crippen LogP contribution in [-0.4, -0.2) is 51.0 Å². The monoisotopic (exact) mass is 373 g/mol. The first-order valence-corrected chi connectivity index (χ1v) is 9.67. The van der Waals surface area contributed by atoms with Crippen LogP contribution >= 0.6 is 0 Å². The highest BCUT2D eigenvalue weighted by Crippen LogP contribution is 2.17. The molecule has 0 unspecified atom stereocenters. The molecule has 7 heteroatoms. The van der Waals surface area contributed by atoms with E-state index in [4.69, 9.17) is 0 Å². The molecule has 1 aliphatic rings. The second-order valence-corrected chi connectivity index (χ2v) is 6.78. The number of hydrogen-bond acceptors (Lipinski definition) is 3. The molecule has 0 bridgehead atoms. The molecular weight excluding hydrogens is 342 g/mol. The van der Waals surface area contributed by atoms with Crippen molar-refractivity contribution in [1.82, 2.24) is 21.3 Å². The summed E-state index contributed by atoms with van der Waals surface area (Å²) in [6.07, 6.45) is 6.57. The molecule has 27 heavy (non-hydrogen) atoms. The predicted molar refractivity (Wildman–Crippen MR) is 108 cm³/mol. The first-order valence-electron chi connectivity index (χ1n) is 9.67. The Morgan fingerprint density at radius 3 is 2.63 bits per heavy atom. The fourth-order valence-corrected chi connectivity index (χ4v) is 3.25. The van der Waals surface area contributed by atoms with E-state index in [2.05, 4.69) is 26.3 Å². The number of benzene rings is 1. The molecule has 2 amide bonds. The molecule has 7 nitrogen and oxygen atoms in total. The molecule has 1 saturated carbocycles. The molecule has 2 rings (SSSR count). The van der Waals surface area contributed by atoms with Crippen LogP contribution in [0.25, 0.3) is 0 Å². The molecule has 148 valence electrons. The van der Waals surface area contributed by atoms with Crippen molar-refractivity contribution >= 4 is 17.8 Å². The normalized spacial score (nSPS) is 15.1. The van der Waals surface area contributed by atoms with Crippen LogP contribution in [0.4, 0.5) is 0 Å². The van der Waals surface area contributed by atoms with Gasteiger partial charge in [-0.25, -0.2) is 0 Å². The molecule has 1 aliphatic carbocycles. The fraction of sp³-hybridized carbons (Fsp3) is 0.550. The number of amides is 2. The van der Waals surface area contributed by atoms with Crippen molar-refractivity contribution in [3.05, 3.63) is 35.4 Å². The number of guanidine groups is 1. The van der Waals surface area contributed by atoms with Gasteiger partial charge in [0.2, 0.25) is 5.91 Å². The summed E-state index contributed by atoms with van der Waals surface area (Å²) in [5, 5.41) is 12.0. The summed E-state index contributed by atoms with van der Waals surface area (Å²) in [4.78, 5) is 27.9. The highest BCUT2D eigenvalue weighted by molar-refractivity contribution is 5.94. The number of carbonyl (C=O) groups is 2. The quantitative estimate of drug-likeness (QED) is 0.427. The largest absolute Gasteiger partial charge is 0.356 e. The van der Waals surface area contributed by atoms with E-state index < -0.39 is 0 Å². The van der Waals surface area contributed by atoms with Gasteiger partial charge in [-0.05, 0) is 37.0 Å². The van der Waals surface area contributed by atoms with Gasteiger partial charge < -0.3 is 21.3 Å². The van der Waals surface area contributed by atoms with E-state index in [0.717, 1.165) is 24.8 Å². The lowest BCUT2D eigenvalue weighted by molar-refractivity contribution is -0.120. The van der Waals surface area contributed by atoms with Crippen LogP contribution in [0.15, 0.2) is 29.3 Å². The zero-order valence-electron chi connectivity index (χ0n) is 16.3. The maximum Gasteiger partial charge on any atom is 0.251 e. The van der Waals surface area contributed by atoms with Crippen molar-refractivity contribution in [3.63, 3.8) is 0 Å². The van der Waals surface area contributed by atoms with Crippen molar-refractivity contribution in [3.8, 4) is 0 Å². The number of hydrogen-bond donors (Lipinski definition) is 4. The molecular formula is C20H31N5O2. The van der Waals surface area contributed by atoms with Crippen molar-refractivity contribution in [2.75, 3.05) is 27.2 Å². The summed E-state index contributed by atoms with van der Waals surface area (Å²) in [5.41, 5.74) is 1.71. The van der Waals surface area contributed by atoms with Crippen LogP contribution in [0.2, 0.25) is 0 Å². The Morgan fingerprint density at radius 2 is 1.93 bits per heavy atom. The van der Waals surface area contributed by atoms with Crippen LogP contribution in [0, 0.1) is 0 Å². The lowest BCUT2D eigenvalue weighted by Gasteiger charge is -2.23. The van der Waals surface area contributed by atoms with E-state index in [9.17, 15) is 9.59 Å². The first-order chi connectivity index (χ1) is 13.1. The number of nitrogens with zero attached hydrogens (tertiary/aromatic N) is 1. The minimum Gasteiger partial charge on any atom is -0.356 e. The standard InChI is InChI=1S/C20H31N5O2/c1-21-19(27)16-8-6-7-15(13-16)11-12-23-20(22-2)24-14-18(26)25-17-9-4-3-5-10-17/h6-8,13,17H,3-5,9-12,14H2,1-2H3,(H,21,27)(H,25,26)(H2,22,23,24). The Morgan fingerprint density at radius 1 is 1.15 bits per heavy atom. The zero-order valence-corrected chi connectivity index (χ0v) is 16.3. The lowest BCUT2D eigenvalue weighted by atomic mass is 9.95. The second kappa shape index (κ2) is 11.2. The maximum atomic E-state index is 12.1. The molecule has 4 N–H and O–H groups in total. The van der Waals surface area contributed by atoms with Crippen LogP contribution in [0.1, 0.15) is 48.0 Å². The third kappa shape index (κ3) is 7.29. The average Bonchev–Trinajstić information content (AvgIpc) is 2.70. The topological polar surface area (TPSA) is 94.6 Å².